The second-order valence-corrected chi connectivity index (χ2v) is 7.11. The van der Waals surface area contributed by atoms with Crippen molar-refractivity contribution in [1.82, 2.24) is 5.32 Å². The smallest absolute Gasteiger partial charge is 0.00104 e. The molecule has 1 aliphatic rings. The summed E-state index contributed by atoms with van der Waals surface area (Å²) in [6, 6.07) is 0.642. The Morgan fingerprint density at radius 3 is 2.31 bits per heavy atom. The van der Waals surface area contributed by atoms with Gasteiger partial charge in [0.1, 0.15) is 0 Å². The molecule has 1 rings (SSSR count). The summed E-state index contributed by atoms with van der Waals surface area (Å²) in [5.74, 6) is 1.94. The van der Waals surface area contributed by atoms with Gasteiger partial charge in [0.2, 0.25) is 0 Å². The summed E-state index contributed by atoms with van der Waals surface area (Å²) < 4.78 is 0. The highest BCUT2D eigenvalue weighted by atomic mass is 14.9. The molecule has 0 aromatic carbocycles. The van der Waals surface area contributed by atoms with Crippen molar-refractivity contribution < 1.29 is 0 Å². The minimum Gasteiger partial charge on any atom is -0.314 e. The molecule has 96 valence electrons. The molecule has 0 spiro atoms. The Kier molecular flexibility index (Phi) is 5.30. The van der Waals surface area contributed by atoms with Gasteiger partial charge in [0.15, 0.2) is 0 Å². The summed E-state index contributed by atoms with van der Waals surface area (Å²) in [4.78, 5) is 0. The van der Waals surface area contributed by atoms with Crippen LogP contribution in [0.15, 0.2) is 0 Å². The maximum Gasteiger partial charge on any atom is 0.00104 e. The fourth-order valence-electron chi connectivity index (χ4n) is 2.77. The molecule has 0 aromatic heterocycles. The third-order valence-corrected chi connectivity index (χ3v) is 3.87. The molecule has 1 fully saturated rings. The van der Waals surface area contributed by atoms with Gasteiger partial charge in [-0.2, -0.15) is 0 Å². The Balaban J connectivity index is 2.29. The van der Waals surface area contributed by atoms with Crippen molar-refractivity contribution in [3.63, 3.8) is 0 Å². The average molecular weight is 225 g/mol. The van der Waals surface area contributed by atoms with Crippen LogP contribution in [0.3, 0.4) is 0 Å². The molecule has 0 heterocycles. The van der Waals surface area contributed by atoms with Gasteiger partial charge in [-0.25, -0.2) is 0 Å². The third-order valence-electron chi connectivity index (χ3n) is 3.87. The molecule has 16 heavy (non-hydrogen) atoms. The Bertz CT molecular complexity index is 190. The van der Waals surface area contributed by atoms with Gasteiger partial charge < -0.3 is 5.32 Å². The highest BCUT2D eigenvalue weighted by Gasteiger charge is 2.27. The van der Waals surface area contributed by atoms with Crippen molar-refractivity contribution >= 4 is 0 Å². The van der Waals surface area contributed by atoms with Crippen LogP contribution in [0.25, 0.3) is 0 Å². The SMILES string of the molecule is CC(C)NCC1CCCC1CCC(C)(C)C. The highest BCUT2D eigenvalue weighted by Crippen LogP contribution is 2.37. The van der Waals surface area contributed by atoms with E-state index in [1.807, 2.05) is 0 Å². The largest absolute Gasteiger partial charge is 0.314 e. The topological polar surface area (TPSA) is 12.0 Å². The Hall–Kier alpha value is -0.0400. The normalized spacial score (nSPS) is 26.6. The standard InChI is InChI=1S/C15H31N/c1-12(2)16-11-14-8-6-7-13(14)9-10-15(3,4)5/h12-14,16H,6-11H2,1-5H3. The predicted octanol–water partition coefficient (Wildman–Crippen LogP) is 4.23. The van der Waals surface area contributed by atoms with Crippen molar-refractivity contribution in [3.05, 3.63) is 0 Å². The van der Waals surface area contributed by atoms with Crippen LogP contribution >= 0.6 is 0 Å². The van der Waals surface area contributed by atoms with Crippen LogP contribution in [0.5, 0.6) is 0 Å². The Morgan fingerprint density at radius 1 is 1.12 bits per heavy atom. The molecule has 0 radical (unpaired) electrons. The van der Waals surface area contributed by atoms with Gasteiger partial charge in [0.25, 0.3) is 0 Å². The van der Waals surface area contributed by atoms with Gasteiger partial charge in [-0.1, -0.05) is 47.5 Å². The zero-order valence-corrected chi connectivity index (χ0v) is 12.0. The number of nitrogens with one attached hydrogen (secondary N) is 1. The van der Waals surface area contributed by atoms with Gasteiger partial charge in [-0.3, -0.25) is 0 Å². The first-order valence-electron chi connectivity index (χ1n) is 7.12. The molecule has 2 atom stereocenters. The molecule has 0 aromatic rings. The van der Waals surface area contributed by atoms with Crippen LogP contribution in [-0.4, -0.2) is 12.6 Å². The molecule has 0 amide bonds. The van der Waals surface area contributed by atoms with E-state index in [-0.39, 0.29) is 0 Å². The van der Waals surface area contributed by atoms with Crippen molar-refractivity contribution in [1.29, 1.82) is 0 Å². The van der Waals surface area contributed by atoms with E-state index in [2.05, 4.69) is 39.9 Å². The molecule has 0 aliphatic heterocycles. The van der Waals surface area contributed by atoms with Crippen LogP contribution in [0.1, 0.15) is 66.7 Å². The van der Waals surface area contributed by atoms with Crippen molar-refractivity contribution in [2.45, 2.75) is 72.8 Å². The molecule has 1 aliphatic carbocycles. The fraction of sp³-hybridized carbons (Fsp3) is 1.00. The predicted molar refractivity (Wildman–Crippen MR) is 72.7 cm³/mol. The quantitative estimate of drug-likeness (QED) is 0.738. The molecule has 0 saturated heterocycles. The number of rotatable bonds is 5. The summed E-state index contributed by atoms with van der Waals surface area (Å²) >= 11 is 0. The second-order valence-electron chi connectivity index (χ2n) is 7.11. The fourth-order valence-corrected chi connectivity index (χ4v) is 2.77. The van der Waals surface area contributed by atoms with Crippen LogP contribution in [0.2, 0.25) is 0 Å². The number of hydrogen-bond acceptors (Lipinski definition) is 1. The maximum absolute atomic E-state index is 3.61. The lowest BCUT2D eigenvalue weighted by Gasteiger charge is -2.25. The first-order chi connectivity index (χ1) is 7.38. The van der Waals surface area contributed by atoms with Crippen molar-refractivity contribution in [2.24, 2.45) is 17.3 Å². The second kappa shape index (κ2) is 6.05. The van der Waals surface area contributed by atoms with E-state index in [4.69, 9.17) is 0 Å². The van der Waals surface area contributed by atoms with E-state index >= 15 is 0 Å². The minimum atomic E-state index is 0.513. The molecule has 1 N–H and O–H groups in total. The highest BCUT2D eigenvalue weighted by molar-refractivity contribution is 4.81. The first-order valence-corrected chi connectivity index (χ1v) is 7.12. The molecule has 0 bridgehead atoms. The van der Waals surface area contributed by atoms with Gasteiger partial charge in [-0.05, 0) is 43.1 Å². The lowest BCUT2D eigenvalue weighted by atomic mass is 9.83. The van der Waals surface area contributed by atoms with E-state index in [9.17, 15) is 0 Å². The van der Waals surface area contributed by atoms with E-state index in [1.54, 1.807) is 0 Å². The monoisotopic (exact) mass is 225 g/mol. The van der Waals surface area contributed by atoms with Crippen LogP contribution in [-0.2, 0) is 0 Å². The van der Waals surface area contributed by atoms with E-state index in [0.717, 1.165) is 11.8 Å². The lowest BCUT2D eigenvalue weighted by molar-refractivity contribution is 0.275. The summed E-state index contributed by atoms with van der Waals surface area (Å²) in [7, 11) is 0. The average Bonchev–Trinajstić information content (AvgIpc) is 2.57. The Morgan fingerprint density at radius 2 is 1.75 bits per heavy atom. The zero-order valence-electron chi connectivity index (χ0n) is 12.0. The summed E-state index contributed by atoms with van der Waals surface area (Å²) in [5.41, 5.74) is 0.513. The van der Waals surface area contributed by atoms with E-state index in [0.29, 0.717) is 11.5 Å². The van der Waals surface area contributed by atoms with Crippen molar-refractivity contribution in [2.75, 3.05) is 6.54 Å². The number of hydrogen-bond donors (Lipinski definition) is 1. The molecule has 2 unspecified atom stereocenters. The van der Waals surface area contributed by atoms with E-state index in [1.165, 1.54) is 38.6 Å². The van der Waals surface area contributed by atoms with Gasteiger partial charge in [0, 0.05) is 6.04 Å². The third kappa shape index (κ3) is 5.34. The van der Waals surface area contributed by atoms with Crippen molar-refractivity contribution in [3.8, 4) is 0 Å². The first kappa shape index (κ1) is 14.0. The van der Waals surface area contributed by atoms with Gasteiger partial charge in [-0.15, -0.1) is 0 Å². The van der Waals surface area contributed by atoms with Crippen LogP contribution in [0.4, 0.5) is 0 Å². The van der Waals surface area contributed by atoms with Gasteiger partial charge in [0.05, 0.1) is 0 Å². The minimum absolute atomic E-state index is 0.513. The van der Waals surface area contributed by atoms with Crippen LogP contribution < -0.4 is 5.32 Å². The summed E-state index contributed by atoms with van der Waals surface area (Å²) in [6.07, 6.45) is 7.21. The zero-order chi connectivity index (χ0) is 12.2. The molecular formula is C15H31N. The molecule has 1 saturated carbocycles. The van der Waals surface area contributed by atoms with Gasteiger partial charge >= 0.3 is 0 Å². The Labute approximate surface area is 102 Å². The lowest BCUT2D eigenvalue weighted by Crippen LogP contribution is -2.30. The summed E-state index contributed by atoms with van der Waals surface area (Å²) in [5, 5.41) is 3.61. The summed E-state index contributed by atoms with van der Waals surface area (Å²) in [6.45, 7) is 12.8. The van der Waals surface area contributed by atoms with Crippen LogP contribution in [0, 0.1) is 17.3 Å². The maximum atomic E-state index is 3.61. The molecule has 1 nitrogen and oxygen atoms in total. The van der Waals surface area contributed by atoms with E-state index < -0.39 is 0 Å². The molecule has 1 heteroatoms. The molecular weight excluding hydrogens is 194 g/mol.